The minimum absolute atomic E-state index is 0.0156. The topological polar surface area (TPSA) is 108 Å². The molecule has 55 heavy (non-hydrogen) atoms. The molecule has 9 nitrogen and oxygen atoms in total. The van der Waals surface area contributed by atoms with Gasteiger partial charge in [0.05, 0.1) is 27.7 Å². The van der Waals surface area contributed by atoms with E-state index in [1.165, 1.54) is 38.5 Å². The molecule has 0 aliphatic rings. The van der Waals surface area contributed by atoms with Gasteiger partial charge in [-0.3, -0.25) is 18.6 Å². The number of unbranched alkanes of at least 4 members (excludes halogenated alkanes) is 11. The monoisotopic (exact) mass is 793 g/mol. The first-order valence-electron chi connectivity index (χ1n) is 21.2. The number of hydrogen-bond acceptors (Lipinski definition) is 7. The van der Waals surface area contributed by atoms with Gasteiger partial charge < -0.3 is 18.9 Å². The minimum atomic E-state index is -4.39. The molecule has 1 unspecified atom stereocenters. The van der Waals surface area contributed by atoms with Crippen molar-refractivity contribution in [1.82, 2.24) is 0 Å². The van der Waals surface area contributed by atoms with Gasteiger partial charge in [0, 0.05) is 12.8 Å². The van der Waals surface area contributed by atoms with Crippen molar-refractivity contribution in [3.05, 3.63) is 72.9 Å². The molecular weight excluding hydrogens is 713 g/mol. The fraction of sp³-hybridized carbons (Fsp3) is 0.689. The summed E-state index contributed by atoms with van der Waals surface area (Å²) in [5.41, 5.74) is 0. The van der Waals surface area contributed by atoms with Crippen LogP contribution in [0, 0.1) is 0 Å². The van der Waals surface area contributed by atoms with Crippen molar-refractivity contribution in [2.45, 2.75) is 155 Å². The second-order valence-corrected chi connectivity index (χ2v) is 16.5. The van der Waals surface area contributed by atoms with E-state index in [-0.39, 0.29) is 26.1 Å². The molecule has 0 aromatic rings. The lowest BCUT2D eigenvalue weighted by Crippen LogP contribution is -2.37. The molecule has 0 saturated carbocycles. The second-order valence-electron chi connectivity index (χ2n) is 15.0. The average molecular weight is 793 g/mol. The predicted molar refractivity (Wildman–Crippen MR) is 229 cm³/mol. The molecule has 316 valence electrons. The Kier molecular flexibility index (Phi) is 35.3. The van der Waals surface area contributed by atoms with Crippen LogP contribution in [0.2, 0.25) is 0 Å². The third-order valence-electron chi connectivity index (χ3n) is 8.46. The van der Waals surface area contributed by atoms with Crippen LogP contribution in [0.5, 0.6) is 0 Å². The highest BCUT2D eigenvalue weighted by molar-refractivity contribution is 7.47. The van der Waals surface area contributed by atoms with Crippen molar-refractivity contribution < 1.29 is 42.1 Å². The highest BCUT2D eigenvalue weighted by atomic mass is 31.2. The Hall–Kier alpha value is -2.55. The van der Waals surface area contributed by atoms with E-state index in [1.54, 1.807) is 0 Å². The van der Waals surface area contributed by atoms with Crippen molar-refractivity contribution >= 4 is 19.8 Å². The Balaban J connectivity index is 4.53. The lowest BCUT2D eigenvalue weighted by molar-refractivity contribution is -0.870. The minimum Gasteiger partial charge on any atom is -0.462 e. The van der Waals surface area contributed by atoms with Crippen LogP contribution in [0.25, 0.3) is 0 Å². The number of hydrogen-bond donors (Lipinski definition) is 1. The third-order valence-corrected chi connectivity index (χ3v) is 9.44. The highest BCUT2D eigenvalue weighted by Gasteiger charge is 2.27. The van der Waals surface area contributed by atoms with Crippen LogP contribution < -0.4 is 0 Å². The number of quaternary nitrogens is 1. The van der Waals surface area contributed by atoms with E-state index in [0.29, 0.717) is 30.3 Å². The Bertz CT molecular complexity index is 1170. The van der Waals surface area contributed by atoms with E-state index in [2.05, 4.69) is 80.7 Å². The lowest BCUT2D eigenvalue weighted by atomic mass is 10.1. The van der Waals surface area contributed by atoms with Gasteiger partial charge in [0.25, 0.3) is 0 Å². The number of carbonyl (C=O) groups is 2. The first-order chi connectivity index (χ1) is 26.5. The van der Waals surface area contributed by atoms with Crippen LogP contribution in [0.3, 0.4) is 0 Å². The summed E-state index contributed by atoms with van der Waals surface area (Å²) < 4.78 is 34.2. The summed E-state index contributed by atoms with van der Waals surface area (Å²) in [6, 6.07) is 0. The summed E-state index contributed by atoms with van der Waals surface area (Å²) in [6.07, 6.45) is 45.2. The number of esters is 2. The quantitative estimate of drug-likeness (QED) is 0.0218. The zero-order valence-corrected chi connectivity index (χ0v) is 36.3. The van der Waals surface area contributed by atoms with Gasteiger partial charge in [0.1, 0.15) is 19.8 Å². The molecule has 0 bridgehead atoms. The largest absolute Gasteiger partial charge is 0.472 e. The highest BCUT2D eigenvalue weighted by Crippen LogP contribution is 2.43. The maximum atomic E-state index is 12.6. The summed E-state index contributed by atoms with van der Waals surface area (Å²) in [4.78, 5) is 35.3. The Morgan fingerprint density at radius 3 is 1.56 bits per heavy atom. The predicted octanol–water partition coefficient (Wildman–Crippen LogP) is 11.9. The van der Waals surface area contributed by atoms with Gasteiger partial charge in [-0.2, -0.15) is 0 Å². The zero-order chi connectivity index (χ0) is 40.7. The van der Waals surface area contributed by atoms with Crippen LogP contribution in [0.15, 0.2) is 72.9 Å². The number of nitrogens with zero attached hydrogens (tertiary/aromatic N) is 1. The average Bonchev–Trinajstić information content (AvgIpc) is 3.13. The zero-order valence-electron chi connectivity index (χ0n) is 35.4. The number of allylic oxidation sites excluding steroid dienone is 12. The number of carbonyl (C=O) groups excluding carboxylic acids is 2. The molecular formula is C45H79NO8P+. The van der Waals surface area contributed by atoms with Crippen LogP contribution >= 0.6 is 7.82 Å². The van der Waals surface area contributed by atoms with Gasteiger partial charge in [-0.1, -0.05) is 132 Å². The van der Waals surface area contributed by atoms with E-state index in [9.17, 15) is 19.0 Å². The number of phosphoric ester groups is 1. The molecule has 0 aliphatic heterocycles. The van der Waals surface area contributed by atoms with Crippen LogP contribution in [0.4, 0.5) is 0 Å². The van der Waals surface area contributed by atoms with E-state index in [1.807, 2.05) is 27.2 Å². The molecule has 0 amide bonds. The standard InChI is InChI=1S/C45H78NO8P/c1-6-8-10-12-14-16-18-20-22-23-24-26-28-30-32-34-36-38-45(48)54-43(42-53-55(49,50)52-40-39-46(3,4)5)41-51-44(47)37-35-33-31-29-27-25-21-19-17-15-13-11-9-7-2/h13-16,19-22,24,26,30,32,43H,6-12,17-18,23,25,27-29,31,33-42H2,1-5H3/p+1/b15-13-,16-14-,21-19-,22-20-,26-24-,32-30-/t43-/m1/s1. The van der Waals surface area contributed by atoms with Gasteiger partial charge >= 0.3 is 19.8 Å². The van der Waals surface area contributed by atoms with E-state index >= 15 is 0 Å². The summed E-state index contributed by atoms with van der Waals surface area (Å²) in [7, 11) is 1.42. The lowest BCUT2D eigenvalue weighted by Gasteiger charge is -2.24. The van der Waals surface area contributed by atoms with Gasteiger partial charge in [0.2, 0.25) is 0 Å². The van der Waals surface area contributed by atoms with Crippen molar-refractivity contribution in [3.8, 4) is 0 Å². The summed E-state index contributed by atoms with van der Waals surface area (Å²) >= 11 is 0. The molecule has 0 heterocycles. The fourth-order valence-electron chi connectivity index (χ4n) is 5.08. The molecule has 0 aliphatic carbocycles. The smallest absolute Gasteiger partial charge is 0.462 e. The number of ether oxygens (including phenoxy) is 2. The molecule has 0 saturated heterocycles. The van der Waals surface area contributed by atoms with Gasteiger partial charge in [-0.05, 0) is 77.0 Å². The van der Waals surface area contributed by atoms with Crippen LogP contribution in [0.1, 0.15) is 149 Å². The molecule has 2 atom stereocenters. The third kappa shape index (κ3) is 40.9. The number of rotatable bonds is 37. The second kappa shape index (κ2) is 37.1. The summed E-state index contributed by atoms with van der Waals surface area (Å²) in [5, 5.41) is 0. The van der Waals surface area contributed by atoms with E-state index < -0.39 is 32.5 Å². The van der Waals surface area contributed by atoms with Crippen molar-refractivity contribution in [3.63, 3.8) is 0 Å². The van der Waals surface area contributed by atoms with Crippen molar-refractivity contribution in [2.75, 3.05) is 47.5 Å². The molecule has 0 fully saturated rings. The Morgan fingerprint density at radius 1 is 0.564 bits per heavy atom. The number of likely N-dealkylation sites (N-methyl/N-ethyl adjacent to an activating group) is 1. The van der Waals surface area contributed by atoms with E-state index in [4.69, 9.17) is 18.5 Å². The van der Waals surface area contributed by atoms with E-state index in [0.717, 1.165) is 64.2 Å². The summed E-state index contributed by atoms with van der Waals surface area (Å²) in [6.45, 7) is 4.25. The van der Waals surface area contributed by atoms with Crippen LogP contribution in [-0.4, -0.2) is 74.9 Å². The Morgan fingerprint density at radius 2 is 1.02 bits per heavy atom. The molecule has 0 radical (unpaired) electrons. The number of phosphoric acid groups is 1. The van der Waals surface area contributed by atoms with Crippen molar-refractivity contribution in [2.24, 2.45) is 0 Å². The first-order valence-corrected chi connectivity index (χ1v) is 22.7. The summed E-state index contributed by atoms with van der Waals surface area (Å²) in [5.74, 6) is -0.888. The molecule has 1 N–H and O–H groups in total. The SMILES string of the molecule is CCCC/C=C\C/C=C\CCCCCCCC(=O)OC[C@H](COP(=O)(O)OCC[N+](C)(C)C)OC(=O)CCC/C=C\C/C=C\C/C=C\C/C=C\CCCCC. The molecule has 0 spiro atoms. The van der Waals surface area contributed by atoms with Gasteiger partial charge in [0.15, 0.2) is 6.10 Å². The van der Waals surface area contributed by atoms with Crippen molar-refractivity contribution in [1.29, 1.82) is 0 Å². The Labute approximate surface area is 336 Å². The molecule has 0 rings (SSSR count). The maximum absolute atomic E-state index is 12.6. The maximum Gasteiger partial charge on any atom is 0.472 e. The van der Waals surface area contributed by atoms with Crippen LogP contribution in [-0.2, 0) is 32.7 Å². The molecule has 10 heteroatoms. The molecule has 0 aromatic heterocycles. The van der Waals surface area contributed by atoms with Gasteiger partial charge in [-0.25, -0.2) is 4.57 Å². The first kappa shape index (κ1) is 52.5. The van der Waals surface area contributed by atoms with Gasteiger partial charge in [-0.15, -0.1) is 0 Å². The fourth-order valence-corrected chi connectivity index (χ4v) is 5.82. The molecule has 0 aromatic carbocycles. The normalized spacial score (nSPS) is 14.4.